The van der Waals surface area contributed by atoms with Crippen molar-refractivity contribution in [2.24, 2.45) is 0 Å². The van der Waals surface area contributed by atoms with E-state index in [4.69, 9.17) is 9.47 Å². The monoisotopic (exact) mass is 322 g/mol. The van der Waals surface area contributed by atoms with Crippen molar-refractivity contribution in [2.45, 2.75) is 24.7 Å². The Morgan fingerprint density at radius 1 is 0.792 bits per heavy atom. The lowest BCUT2D eigenvalue weighted by Crippen LogP contribution is -2.27. The summed E-state index contributed by atoms with van der Waals surface area (Å²) in [6.07, 6.45) is 1.19. The molecule has 0 unspecified atom stereocenters. The molecule has 2 aromatic carbocycles. The Balaban J connectivity index is 1.97. The summed E-state index contributed by atoms with van der Waals surface area (Å²) >= 11 is 0. The van der Waals surface area contributed by atoms with Gasteiger partial charge in [0.15, 0.2) is 0 Å². The molecule has 4 nitrogen and oxygen atoms in total. The van der Waals surface area contributed by atoms with Gasteiger partial charge in [0.25, 0.3) is 0 Å². The highest BCUT2D eigenvalue weighted by atomic mass is 16.5. The summed E-state index contributed by atoms with van der Waals surface area (Å²) < 4.78 is 10.0. The Morgan fingerprint density at radius 3 is 1.58 bits per heavy atom. The van der Waals surface area contributed by atoms with Crippen LogP contribution in [0.2, 0.25) is 0 Å². The zero-order chi connectivity index (χ0) is 16.8. The van der Waals surface area contributed by atoms with E-state index in [9.17, 15) is 9.59 Å². The van der Waals surface area contributed by atoms with Gasteiger partial charge in [-0.25, -0.2) is 0 Å². The van der Waals surface area contributed by atoms with Gasteiger partial charge in [-0.2, -0.15) is 0 Å². The van der Waals surface area contributed by atoms with E-state index in [0.717, 1.165) is 33.4 Å². The number of hydrogen-bond donors (Lipinski definition) is 0. The maximum absolute atomic E-state index is 12.3. The van der Waals surface area contributed by atoms with E-state index in [1.807, 2.05) is 36.4 Å². The first-order chi connectivity index (χ1) is 11.7. The van der Waals surface area contributed by atoms with Gasteiger partial charge >= 0.3 is 11.9 Å². The zero-order valence-electron chi connectivity index (χ0n) is 13.7. The number of esters is 2. The normalized spacial score (nSPS) is 20.1. The predicted octanol–water partition coefficient (Wildman–Crippen LogP) is 2.98. The molecule has 0 bridgehead atoms. The van der Waals surface area contributed by atoms with Crippen molar-refractivity contribution in [2.75, 3.05) is 14.2 Å². The van der Waals surface area contributed by atoms with Gasteiger partial charge in [0.1, 0.15) is 0 Å². The van der Waals surface area contributed by atoms with Crippen molar-refractivity contribution in [3.8, 4) is 11.1 Å². The molecule has 4 rings (SSSR count). The van der Waals surface area contributed by atoms with Crippen LogP contribution in [0.5, 0.6) is 0 Å². The molecule has 0 spiro atoms. The molecule has 0 aliphatic heterocycles. The smallest absolute Gasteiger partial charge is 0.313 e. The third-order valence-electron chi connectivity index (χ3n) is 5.19. The van der Waals surface area contributed by atoms with Crippen molar-refractivity contribution in [3.05, 3.63) is 58.7 Å². The fraction of sp³-hybridized carbons (Fsp3) is 0.300. The van der Waals surface area contributed by atoms with E-state index in [2.05, 4.69) is 0 Å². The third kappa shape index (κ3) is 1.99. The molecule has 2 aliphatic carbocycles. The molecule has 24 heavy (non-hydrogen) atoms. The Bertz CT molecular complexity index is 781. The van der Waals surface area contributed by atoms with E-state index in [1.54, 1.807) is 0 Å². The lowest BCUT2D eigenvalue weighted by Gasteiger charge is -2.35. The van der Waals surface area contributed by atoms with Gasteiger partial charge in [0.2, 0.25) is 0 Å². The molecule has 0 aromatic heterocycles. The van der Waals surface area contributed by atoms with Crippen LogP contribution in [0, 0.1) is 0 Å². The zero-order valence-corrected chi connectivity index (χ0v) is 13.7. The third-order valence-corrected chi connectivity index (χ3v) is 5.19. The van der Waals surface area contributed by atoms with Gasteiger partial charge in [-0.1, -0.05) is 36.4 Å². The summed E-state index contributed by atoms with van der Waals surface area (Å²) in [5.74, 6) is -1.01. The second-order valence-electron chi connectivity index (χ2n) is 6.32. The Morgan fingerprint density at radius 2 is 1.21 bits per heavy atom. The summed E-state index contributed by atoms with van der Waals surface area (Å²) in [5, 5.41) is 0. The molecule has 0 N–H and O–H groups in total. The Hall–Kier alpha value is -2.62. The number of carbonyl (C=O) groups is 2. The quantitative estimate of drug-likeness (QED) is 0.798. The van der Waals surface area contributed by atoms with Gasteiger partial charge in [0, 0.05) is 0 Å². The van der Waals surface area contributed by atoms with Crippen molar-refractivity contribution >= 4 is 11.9 Å². The van der Waals surface area contributed by atoms with Crippen LogP contribution in [-0.4, -0.2) is 26.2 Å². The fourth-order valence-electron chi connectivity index (χ4n) is 4.14. The van der Waals surface area contributed by atoms with E-state index in [-0.39, 0.29) is 23.8 Å². The molecule has 4 heteroatoms. The Labute approximate surface area is 140 Å². The molecule has 2 aromatic rings. The number of ether oxygens (including phenoxy) is 2. The molecule has 0 amide bonds. The fourth-order valence-corrected chi connectivity index (χ4v) is 4.14. The van der Waals surface area contributed by atoms with Gasteiger partial charge < -0.3 is 9.47 Å². The topological polar surface area (TPSA) is 52.6 Å². The minimum absolute atomic E-state index is 0.213. The van der Waals surface area contributed by atoms with Crippen molar-refractivity contribution in [1.29, 1.82) is 0 Å². The molecular weight excluding hydrogens is 304 g/mol. The lowest BCUT2D eigenvalue weighted by atomic mass is 9.69. The molecular formula is C20H18O4. The number of methoxy groups -OCH3 is 2. The summed E-state index contributed by atoms with van der Waals surface area (Å²) in [6.45, 7) is 0. The second kappa shape index (κ2) is 5.48. The maximum atomic E-state index is 12.3. The average Bonchev–Trinajstić information content (AvgIpc) is 2.64. The van der Waals surface area contributed by atoms with Crippen LogP contribution in [0.4, 0.5) is 0 Å². The molecule has 0 saturated carbocycles. The molecule has 2 atom stereocenters. The maximum Gasteiger partial charge on any atom is 0.313 e. The van der Waals surface area contributed by atoms with Crippen LogP contribution >= 0.6 is 0 Å². The van der Waals surface area contributed by atoms with Crippen LogP contribution in [-0.2, 0) is 31.9 Å². The number of benzene rings is 2. The largest absolute Gasteiger partial charge is 0.469 e. The first-order valence-electron chi connectivity index (χ1n) is 8.05. The Kier molecular flexibility index (Phi) is 3.41. The van der Waals surface area contributed by atoms with E-state index in [1.165, 1.54) is 14.2 Å². The van der Waals surface area contributed by atoms with Crippen LogP contribution in [0.3, 0.4) is 0 Å². The van der Waals surface area contributed by atoms with Gasteiger partial charge in [-0.05, 0) is 46.2 Å². The highest BCUT2D eigenvalue weighted by Crippen LogP contribution is 2.49. The van der Waals surface area contributed by atoms with E-state index < -0.39 is 0 Å². The average molecular weight is 322 g/mol. The lowest BCUT2D eigenvalue weighted by molar-refractivity contribution is -0.143. The minimum Gasteiger partial charge on any atom is -0.469 e. The molecule has 122 valence electrons. The molecule has 0 fully saturated rings. The highest BCUT2D eigenvalue weighted by Gasteiger charge is 2.38. The van der Waals surface area contributed by atoms with E-state index in [0.29, 0.717) is 12.8 Å². The van der Waals surface area contributed by atoms with Gasteiger partial charge in [-0.3, -0.25) is 9.59 Å². The van der Waals surface area contributed by atoms with Gasteiger partial charge in [0.05, 0.1) is 26.1 Å². The highest BCUT2D eigenvalue weighted by molar-refractivity contribution is 5.93. The summed E-state index contributed by atoms with van der Waals surface area (Å²) in [4.78, 5) is 24.6. The van der Waals surface area contributed by atoms with Crippen LogP contribution in [0.25, 0.3) is 11.1 Å². The van der Waals surface area contributed by atoms with Crippen LogP contribution in [0.15, 0.2) is 36.4 Å². The van der Waals surface area contributed by atoms with Crippen LogP contribution in [0.1, 0.15) is 34.1 Å². The second-order valence-corrected chi connectivity index (χ2v) is 6.32. The van der Waals surface area contributed by atoms with Crippen molar-refractivity contribution in [1.82, 2.24) is 0 Å². The number of carbonyl (C=O) groups excluding carboxylic acids is 2. The predicted molar refractivity (Wildman–Crippen MR) is 88.8 cm³/mol. The van der Waals surface area contributed by atoms with Crippen molar-refractivity contribution in [3.63, 3.8) is 0 Å². The van der Waals surface area contributed by atoms with Crippen molar-refractivity contribution < 1.29 is 19.1 Å². The van der Waals surface area contributed by atoms with Gasteiger partial charge in [-0.15, -0.1) is 0 Å². The molecule has 0 radical (unpaired) electrons. The number of hydrogen-bond acceptors (Lipinski definition) is 4. The SMILES string of the molecule is COC(=O)[C@H]1Cc2cccc3c2-c2c(cccc21)C[C@H]3C(=O)OC. The number of rotatable bonds is 2. The standard InChI is InChI=1S/C20H18O4/c1-23-19(21)15-9-11-5-4-8-14-16(20(22)24-2)10-12-6-3-7-13(15)17(12)18(11)14/h3-8,15-16H,9-10H2,1-2H3/t15-,16+. The summed E-state index contributed by atoms with van der Waals surface area (Å²) in [7, 11) is 2.86. The molecule has 2 aliphatic rings. The summed E-state index contributed by atoms with van der Waals surface area (Å²) in [6, 6.07) is 12.0. The molecule has 0 heterocycles. The first-order valence-corrected chi connectivity index (χ1v) is 8.05. The van der Waals surface area contributed by atoms with E-state index >= 15 is 0 Å². The van der Waals surface area contributed by atoms with Crippen LogP contribution < -0.4 is 0 Å². The first kappa shape index (κ1) is 14.9. The summed E-state index contributed by atoms with van der Waals surface area (Å²) in [5.41, 5.74) is 6.40. The minimum atomic E-state index is -0.289. The molecule has 0 saturated heterocycles.